The number of nitrogens with two attached hydrogens (primary N) is 1. The van der Waals surface area contributed by atoms with E-state index >= 15 is 0 Å². The fourth-order valence-corrected chi connectivity index (χ4v) is 2.91. The third-order valence-corrected chi connectivity index (χ3v) is 7.30. The first kappa shape index (κ1) is 28.1. The Hall–Kier alpha value is -2.93. The Morgan fingerprint density at radius 1 is 1.21 bits per heavy atom. The molecule has 0 saturated heterocycles. The highest BCUT2D eigenvalue weighted by atomic mass is 28.3. The number of oxime groups is 1. The van der Waals surface area contributed by atoms with Crippen LogP contribution in [0, 0.1) is 0 Å². The van der Waals surface area contributed by atoms with Gasteiger partial charge in [0.05, 0.1) is 39.8 Å². The lowest BCUT2D eigenvalue weighted by molar-refractivity contribution is -0.148. The molecule has 1 heterocycles. The van der Waals surface area contributed by atoms with Crippen LogP contribution in [0.25, 0.3) is 0 Å². The first-order valence-corrected chi connectivity index (χ1v) is 14.0. The molecule has 0 fully saturated rings. The van der Waals surface area contributed by atoms with Crippen molar-refractivity contribution in [2.45, 2.75) is 71.4 Å². The lowest BCUT2D eigenvalue weighted by Crippen LogP contribution is -2.48. The van der Waals surface area contributed by atoms with E-state index in [-0.39, 0.29) is 42.6 Å². The Morgan fingerprint density at radius 2 is 1.82 bits per heavy atom. The van der Waals surface area contributed by atoms with E-state index in [2.05, 4.69) is 39.7 Å². The SMILES string of the molecule is COC(=O)CCC(=O)O/N=C(/N)c1cn[nH]c1N(C(=O)OCOC(C)[Si](C)(C)C)C(C)(C)C. The third-order valence-electron chi connectivity index (χ3n) is 4.70. The smallest absolute Gasteiger partial charge is 0.418 e. The number of methoxy groups -OCH3 is 1. The number of aromatic amines is 1. The van der Waals surface area contributed by atoms with E-state index in [4.69, 9.17) is 20.0 Å². The Morgan fingerprint density at radius 3 is 2.36 bits per heavy atom. The van der Waals surface area contributed by atoms with Gasteiger partial charge in [-0.2, -0.15) is 5.10 Å². The molecule has 0 spiro atoms. The van der Waals surface area contributed by atoms with Crippen molar-refractivity contribution in [3.8, 4) is 0 Å². The number of hydrogen-bond donors (Lipinski definition) is 2. The summed E-state index contributed by atoms with van der Waals surface area (Å²) < 4.78 is 15.5. The second-order valence-corrected chi connectivity index (χ2v) is 14.9. The van der Waals surface area contributed by atoms with Gasteiger partial charge in [0.1, 0.15) is 5.82 Å². The number of H-pyrrole nitrogens is 1. The van der Waals surface area contributed by atoms with Gasteiger partial charge in [-0.25, -0.2) is 9.59 Å². The molecular weight excluding hydrogens is 450 g/mol. The molecule has 13 heteroatoms. The predicted molar refractivity (Wildman–Crippen MR) is 124 cm³/mol. The molecule has 0 aliphatic heterocycles. The van der Waals surface area contributed by atoms with Gasteiger partial charge in [-0.15, -0.1) is 0 Å². The summed E-state index contributed by atoms with van der Waals surface area (Å²) in [7, 11) is -0.332. The van der Waals surface area contributed by atoms with Gasteiger partial charge in [-0.3, -0.25) is 14.8 Å². The minimum atomic E-state index is -1.55. The van der Waals surface area contributed by atoms with Crippen molar-refractivity contribution in [2.24, 2.45) is 10.9 Å². The number of anilines is 1. The largest absolute Gasteiger partial charge is 0.469 e. The molecular formula is C20H35N5O7Si. The molecule has 1 atom stereocenters. The summed E-state index contributed by atoms with van der Waals surface area (Å²) in [5, 5.41) is 10.2. The number of ether oxygens (including phenoxy) is 3. The summed E-state index contributed by atoms with van der Waals surface area (Å²) in [4.78, 5) is 41.9. The molecule has 0 aliphatic rings. The number of nitrogens with zero attached hydrogens (tertiary/aromatic N) is 3. The lowest BCUT2D eigenvalue weighted by atomic mass is 10.1. The molecule has 1 unspecified atom stereocenters. The van der Waals surface area contributed by atoms with Crippen LogP contribution in [0.4, 0.5) is 10.6 Å². The fourth-order valence-electron chi connectivity index (χ4n) is 2.34. The van der Waals surface area contributed by atoms with Gasteiger partial charge in [0, 0.05) is 11.3 Å². The summed E-state index contributed by atoms with van der Waals surface area (Å²) in [6.07, 6.45) is 0.284. The molecule has 0 aliphatic carbocycles. The van der Waals surface area contributed by atoms with E-state index in [1.807, 2.05) is 6.92 Å². The maximum absolute atomic E-state index is 12.9. The molecule has 0 aromatic carbocycles. The number of aromatic nitrogens is 2. The fraction of sp³-hybridized carbons (Fsp3) is 0.650. The van der Waals surface area contributed by atoms with E-state index in [0.29, 0.717) is 0 Å². The second kappa shape index (κ2) is 11.8. The van der Waals surface area contributed by atoms with Crippen LogP contribution < -0.4 is 10.6 Å². The molecule has 186 valence electrons. The molecule has 1 aromatic heterocycles. The van der Waals surface area contributed by atoms with Crippen molar-refractivity contribution < 1.29 is 33.4 Å². The standard InChI is InChI=1S/C20H35N5O7Si/c1-13(33(6,7)8)30-12-31-19(28)25(20(2,3)4)18-14(11-22-23-18)17(21)24-32-16(27)10-9-15(26)29-5/h11,13H,9-10,12H2,1-8H3,(H2,21,24)(H,22,23). The Bertz CT molecular complexity index is 858. The number of carbonyl (C=O) groups excluding carboxylic acids is 3. The van der Waals surface area contributed by atoms with Gasteiger partial charge < -0.3 is 24.8 Å². The van der Waals surface area contributed by atoms with Crippen molar-refractivity contribution >= 4 is 37.8 Å². The number of esters is 1. The van der Waals surface area contributed by atoms with Gasteiger partial charge in [-0.1, -0.05) is 24.8 Å². The summed E-state index contributed by atoms with van der Waals surface area (Å²) >= 11 is 0. The van der Waals surface area contributed by atoms with Crippen LogP contribution in [0.1, 0.15) is 46.1 Å². The van der Waals surface area contributed by atoms with Crippen LogP contribution in [0.15, 0.2) is 11.4 Å². The van der Waals surface area contributed by atoms with Crippen LogP contribution in [0.3, 0.4) is 0 Å². The normalized spacial score (nSPS) is 13.3. The third kappa shape index (κ3) is 8.85. The first-order chi connectivity index (χ1) is 15.2. The zero-order valence-corrected chi connectivity index (χ0v) is 21.6. The van der Waals surface area contributed by atoms with Crippen molar-refractivity contribution in [3.63, 3.8) is 0 Å². The van der Waals surface area contributed by atoms with Crippen LogP contribution in [0.5, 0.6) is 0 Å². The van der Waals surface area contributed by atoms with E-state index in [0.717, 1.165) is 0 Å². The van der Waals surface area contributed by atoms with Gasteiger partial charge >= 0.3 is 18.0 Å². The average Bonchev–Trinajstić information content (AvgIpc) is 3.17. The topological polar surface area (TPSA) is 158 Å². The van der Waals surface area contributed by atoms with Crippen molar-refractivity contribution in [1.29, 1.82) is 0 Å². The number of hydrogen-bond acceptors (Lipinski definition) is 9. The number of amides is 1. The number of rotatable bonds is 10. The van der Waals surface area contributed by atoms with Crippen LogP contribution in [0.2, 0.25) is 19.6 Å². The molecule has 33 heavy (non-hydrogen) atoms. The minimum Gasteiger partial charge on any atom is -0.469 e. The maximum Gasteiger partial charge on any atom is 0.418 e. The van der Waals surface area contributed by atoms with Crippen molar-refractivity contribution in [1.82, 2.24) is 10.2 Å². The second-order valence-electron chi connectivity index (χ2n) is 9.36. The Balaban J connectivity index is 2.96. The monoisotopic (exact) mass is 485 g/mol. The van der Waals surface area contributed by atoms with Gasteiger partial charge in [0.2, 0.25) is 0 Å². The predicted octanol–water partition coefficient (Wildman–Crippen LogP) is 2.51. The molecule has 12 nitrogen and oxygen atoms in total. The van der Waals surface area contributed by atoms with E-state index in [1.165, 1.54) is 18.2 Å². The van der Waals surface area contributed by atoms with E-state index in [1.54, 1.807) is 20.8 Å². The number of nitrogens with one attached hydrogen (secondary N) is 1. The van der Waals surface area contributed by atoms with Gasteiger partial charge in [-0.05, 0) is 27.7 Å². The van der Waals surface area contributed by atoms with Crippen molar-refractivity contribution in [2.75, 3.05) is 18.8 Å². The summed E-state index contributed by atoms with van der Waals surface area (Å²) in [5.41, 5.74) is 5.44. The summed E-state index contributed by atoms with van der Waals surface area (Å²) in [5.74, 6) is -1.31. The van der Waals surface area contributed by atoms with Crippen LogP contribution in [-0.4, -0.2) is 67.3 Å². The quantitative estimate of drug-likeness (QED) is 0.0965. The molecule has 1 amide bonds. The number of carbonyl (C=O) groups is 3. The maximum atomic E-state index is 12.9. The molecule has 0 bridgehead atoms. The average molecular weight is 486 g/mol. The van der Waals surface area contributed by atoms with E-state index in [9.17, 15) is 14.4 Å². The first-order valence-electron chi connectivity index (χ1n) is 10.4. The van der Waals surface area contributed by atoms with Gasteiger partial charge in [0.25, 0.3) is 0 Å². The molecule has 0 saturated carbocycles. The Labute approximate surface area is 194 Å². The molecule has 0 radical (unpaired) electrons. The zero-order chi connectivity index (χ0) is 25.4. The van der Waals surface area contributed by atoms with Crippen LogP contribution >= 0.6 is 0 Å². The highest BCUT2D eigenvalue weighted by Crippen LogP contribution is 2.26. The minimum absolute atomic E-state index is 0.00671. The summed E-state index contributed by atoms with van der Waals surface area (Å²) in [6.45, 7) is 13.6. The summed E-state index contributed by atoms with van der Waals surface area (Å²) in [6, 6.07) is 0. The molecule has 1 rings (SSSR count). The van der Waals surface area contributed by atoms with E-state index < -0.39 is 31.6 Å². The van der Waals surface area contributed by atoms with Gasteiger partial charge in [0.15, 0.2) is 12.6 Å². The zero-order valence-electron chi connectivity index (χ0n) is 20.6. The molecule has 1 aromatic rings. The number of amidine groups is 1. The van der Waals surface area contributed by atoms with Crippen molar-refractivity contribution in [3.05, 3.63) is 11.8 Å². The Kier molecular flexibility index (Phi) is 10.0. The van der Waals surface area contributed by atoms with Crippen LogP contribution in [-0.2, 0) is 28.6 Å². The molecule has 3 N–H and O–H groups in total. The highest BCUT2D eigenvalue weighted by molar-refractivity contribution is 6.77. The lowest BCUT2D eigenvalue weighted by Gasteiger charge is -2.34. The highest BCUT2D eigenvalue weighted by Gasteiger charge is 2.34.